The number of hydrogen-bond acceptors (Lipinski definition) is 5. The third-order valence-electron chi connectivity index (χ3n) is 4.75. The predicted octanol–water partition coefficient (Wildman–Crippen LogP) is 5.00. The van der Waals surface area contributed by atoms with Crippen molar-refractivity contribution in [1.29, 1.82) is 0 Å². The molecule has 1 saturated carbocycles. The van der Waals surface area contributed by atoms with Crippen molar-refractivity contribution in [3.8, 4) is 11.5 Å². The van der Waals surface area contributed by atoms with E-state index in [1.54, 1.807) is 10.6 Å². The molecule has 31 heavy (non-hydrogen) atoms. The summed E-state index contributed by atoms with van der Waals surface area (Å²) in [6, 6.07) is 5.69. The summed E-state index contributed by atoms with van der Waals surface area (Å²) in [4.78, 5) is 16.4. The van der Waals surface area contributed by atoms with Crippen molar-refractivity contribution in [3.05, 3.63) is 63.9 Å². The maximum Gasteiger partial charge on any atom is 0.316 e. The van der Waals surface area contributed by atoms with E-state index in [9.17, 15) is 13.6 Å². The highest BCUT2D eigenvalue weighted by atomic mass is 19.2. The van der Waals surface area contributed by atoms with Crippen molar-refractivity contribution >= 4 is 11.6 Å². The van der Waals surface area contributed by atoms with Gasteiger partial charge < -0.3 is 19.4 Å². The van der Waals surface area contributed by atoms with Crippen LogP contribution in [0, 0.1) is 6.92 Å². The fraction of sp³-hybridized carbons (Fsp3) is 0.391. The lowest BCUT2D eigenvalue weighted by atomic mass is 10.2. The van der Waals surface area contributed by atoms with Crippen LogP contribution < -0.4 is 20.3 Å². The average Bonchev–Trinajstić information content (AvgIpc) is 3.56. The molecule has 0 saturated heterocycles. The van der Waals surface area contributed by atoms with Crippen molar-refractivity contribution in [1.82, 2.24) is 9.55 Å². The van der Waals surface area contributed by atoms with Gasteiger partial charge >= 0.3 is 5.56 Å². The van der Waals surface area contributed by atoms with Gasteiger partial charge in [0.05, 0.1) is 26.0 Å². The first kappa shape index (κ1) is 22.5. The van der Waals surface area contributed by atoms with Gasteiger partial charge in [-0.15, -0.1) is 0 Å². The Hall–Kier alpha value is -3.16. The van der Waals surface area contributed by atoms with E-state index < -0.39 is 18.1 Å². The predicted molar refractivity (Wildman–Crippen MR) is 117 cm³/mol. The summed E-state index contributed by atoms with van der Waals surface area (Å²) in [5.74, 6) is 0.181. The Morgan fingerprint density at radius 3 is 2.81 bits per heavy atom. The number of halogens is 2. The van der Waals surface area contributed by atoms with Gasteiger partial charge in [-0.05, 0) is 49.5 Å². The van der Waals surface area contributed by atoms with Gasteiger partial charge in [-0.25, -0.2) is 8.78 Å². The second-order valence-electron chi connectivity index (χ2n) is 7.40. The Morgan fingerprint density at radius 1 is 1.39 bits per heavy atom. The maximum atomic E-state index is 13.6. The third kappa shape index (κ3) is 6.16. The lowest BCUT2D eigenvalue weighted by molar-refractivity contribution is 0.303. The molecule has 1 fully saturated rings. The van der Waals surface area contributed by atoms with Crippen LogP contribution in [0.5, 0.6) is 11.5 Å². The first-order chi connectivity index (χ1) is 14.9. The summed E-state index contributed by atoms with van der Waals surface area (Å²) in [5.41, 5.74) is 1.69. The number of ether oxygens (including phenoxy) is 2. The number of rotatable bonds is 10. The molecule has 0 bridgehead atoms. The van der Waals surface area contributed by atoms with Crippen LogP contribution in [0.2, 0.25) is 0 Å². The van der Waals surface area contributed by atoms with Crippen LogP contribution in [0.3, 0.4) is 0 Å². The van der Waals surface area contributed by atoms with Gasteiger partial charge in [-0.3, -0.25) is 4.79 Å². The number of hydrogen-bond donors (Lipinski definition) is 1. The zero-order valence-electron chi connectivity index (χ0n) is 18.0. The van der Waals surface area contributed by atoms with E-state index in [0.717, 1.165) is 35.9 Å². The zero-order valence-corrected chi connectivity index (χ0v) is 18.0. The molecule has 0 amide bonds. The van der Waals surface area contributed by atoms with Crippen LogP contribution in [-0.4, -0.2) is 29.4 Å². The number of nitrogens with one attached hydrogen (secondary N) is 1. The first-order valence-electron chi connectivity index (χ1n) is 10.2. The largest absolute Gasteiger partial charge is 0.490 e. The van der Waals surface area contributed by atoms with E-state index in [1.165, 1.54) is 13.3 Å². The van der Waals surface area contributed by atoms with Crippen LogP contribution in [0.4, 0.5) is 20.4 Å². The SMILES string of the molecule is CC/C=C(\C=C(\F)CF)Cn1cc(OC)c(=O)nc1Nc1cc(OC2CC2)ccc1C. The van der Waals surface area contributed by atoms with Crippen molar-refractivity contribution < 1.29 is 18.3 Å². The molecule has 0 radical (unpaired) electrons. The smallest absolute Gasteiger partial charge is 0.316 e. The molecular formula is C23H27F2N3O3. The molecule has 3 rings (SSSR count). The summed E-state index contributed by atoms with van der Waals surface area (Å²) in [6.07, 6.45) is 7.44. The molecule has 1 aromatic carbocycles. The highest BCUT2D eigenvalue weighted by Gasteiger charge is 2.23. The maximum absolute atomic E-state index is 13.6. The van der Waals surface area contributed by atoms with Gasteiger partial charge in [0.25, 0.3) is 0 Å². The van der Waals surface area contributed by atoms with Crippen molar-refractivity contribution in [2.24, 2.45) is 0 Å². The molecule has 0 atom stereocenters. The molecule has 0 aliphatic heterocycles. The number of anilines is 2. The van der Waals surface area contributed by atoms with Gasteiger partial charge in [0, 0.05) is 11.8 Å². The van der Waals surface area contributed by atoms with E-state index in [1.807, 2.05) is 32.0 Å². The molecule has 2 aromatic rings. The fourth-order valence-electron chi connectivity index (χ4n) is 3.01. The Balaban J connectivity index is 1.97. The first-order valence-corrected chi connectivity index (χ1v) is 10.2. The Labute approximate surface area is 180 Å². The van der Waals surface area contributed by atoms with Crippen LogP contribution in [-0.2, 0) is 6.54 Å². The molecule has 1 aliphatic carbocycles. The molecule has 1 aliphatic rings. The van der Waals surface area contributed by atoms with E-state index in [4.69, 9.17) is 9.47 Å². The lowest BCUT2D eigenvalue weighted by Gasteiger charge is -2.17. The molecule has 0 unspecified atom stereocenters. The van der Waals surface area contributed by atoms with Crippen LogP contribution in [0.25, 0.3) is 0 Å². The summed E-state index contributed by atoms with van der Waals surface area (Å²) >= 11 is 0. The number of aryl methyl sites for hydroxylation is 1. The molecule has 0 spiro atoms. The minimum atomic E-state index is -1.18. The Bertz CT molecular complexity index is 1040. The highest BCUT2D eigenvalue weighted by molar-refractivity contribution is 5.61. The number of benzene rings is 1. The van der Waals surface area contributed by atoms with Crippen molar-refractivity contribution in [2.75, 3.05) is 19.1 Å². The molecule has 8 heteroatoms. The van der Waals surface area contributed by atoms with Gasteiger partial charge in [0.1, 0.15) is 18.3 Å². The Kier molecular flexibility index (Phi) is 7.44. The van der Waals surface area contributed by atoms with Crippen LogP contribution >= 0.6 is 0 Å². The molecule has 6 nitrogen and oxygen atoms in total. The molecule has 1 aromatic heterocycles. The van der Waals surface area contributed by atoms with Gasteiger partial charge in [-0.1, -0.05) is 19.1 Å². The zero-order chi connectivity index (χ0) is 22.4. The van der Waals surface area contributed by atoms with Crippen LogP contribution in [0.15, 0.2) is 52.7 Å². The van der Waals surface area contributed by atoms with E-state index in [2.05, 4.69) is 10.3 Å². The number of allylic oxidation sites excluding steroid dienone is 4. The normalized spacial score (nSPS) is 14.5. The standard InChI is InChI=1S/C23H27F2N3O3/c1-4-5-16(10-17(25)12-24)13-28-14-21(30-3)22(29)27-23(28)26-20-11-19(7-6-15(20)2)31-18-8-9-18/h5-7,10-11,14,18H,4,8-9,12-13H2,1-3H3,(H,26,27,29)/b16-5+,17-10+. The molecular weight excluding hydrogens is 404 g/mol. The fourth-order valence-corrected chi connectivity index (χ4v) is 3.01. The summed E-state index contributed by atoms with van der Waals surface area (Å²) in [5, 5.41) is 3.18. The number of nitrogens with zero attached hydrogens (tertiary/aromatic N) is 2. The summed E-state index contributed by atoms with van der Waals surface area (Å²) in [6.45, 7) is 2.83. The summed E-state index contributed by atoms with van der Waals surface area (Å²) < 4.78 is 38.9. The molecule has 166 valence electrons. The summed E-state index contributed by atoms with van der Waals surface area (Å²) in [7, 11) is 1.38. The molecule has 1 N–H and O–H groups in total. The minimum Gasteiger partial charge on any atom is -0.490 e. The molecule has 1 heterocycles. The van der Waals surface area contributed by atoms with Crippen molar-refractivity contribution in [3.63, 3.8) is 0 Å². The topological polar surface area (TPSA) is 65.4 Å². The number of aromatic nitrogens is 2. The number of alkyl halides is 1. The van der Waals surface area contributed by atoms with Crippen molar-refractivity contribution in [2.45, 2.75) is 45.8 Å². The lowest BCUT2D eigenvalue weighted by Crippen LogP contribution is -2.19. The van der Waals surface area contributed by atoms with Gasteiger partial charge in [0.15, 0.2) is 0 Å². The second kappa shape index (κ2) is 10.2. The van der Waals surface area contributed by atoms with Crippen LogP contribution in [0.1, 0.15) is 31.7 Å². The third-order valence-corrected chi connectivity index (χ3v) is 4.75. The van der Waals surface area contributed by atoms with Gasteiger partial charge in [0.2, 0.25) is 11.7 Å². The average molecular weight is 431 g/mol. The number of methoxy groups -OCH3 is 1. The van der Waals surface area contributed by atoms with Gasteiger partial charge in [-0.2, -0.15) is 4.98 Å². The highest BCUT2D eigenvalue weighted by Crippen LogP contribution is 2.30. The quantitative estimate of drug-likeness (QED) is 0.536. The van der Waals surface area contributed by atoms with E-state index >= 15 is 0 Å². The monoisotopic (exact) mass is 431 g/mol. The van der Waals surface area contributed by atoms with E-state index in [0.29, 0.717) is 12.0 Å². The van der Waals surface area contributed by atoms with E-state index in [-0.39, 0.29) is 24.3 Å². The Morgan fingerprint density at radius 2 is 2.16 bits per heavy atom. The minimum absolute atomic E-state index is 0.0545. The second-order valence-corrected chi connectivity index (χ2v) is 7.40.